The first-order chi connectivity index (χ1) is 21.0. The highest BCUT2D eigenvalue weighted by Gasteiger charge is 2.61. The molecule has 0 aliphatic carbocycles. The SMILES string of the molecule is COCC(=O)O[C@H]1[C@H](n2ccc(=O)[nH]c2=O)O[C@@](CO[P@@]2(=O)OCC[C@@H](c3cccc(Cl)c3)O2)(N=[N+]=[N-])[C@H]1OC(=O)COC. The Morgan fingerprint density at radius 2 is 1.93 bits per heavy atom. The number of nitrogens with one attached hydrogen (secondary N) is 1. The number of ether oxygens (including phenoxy) is 5. The lowest BCUT2D eigenvalue weighted by Crippen LogP contribution is -2.49. The van der Waals surface area contributed by atoms with Crippen molar-refractivity contribution in [2.45, 2.75) is 36.7 Å². The number of methoxy groups -OCH3 is 2. The fourth-order valence-electron chi connectivity index (χ4n) is 4.45. The molecule has 1 aromatic carbocycles. The number of aromatic nitrogens is 2. The number of carbonyl (C=O) groups is 2. The first-order valence-corrected chi connectivity index (χ1v) is 14.6. The first-order valence-electron chi connectivity index (χ1n) is 12.8. The summed E-state index contributed by atoms with van der Waals surface area (Å²) in [5, 5.41) is 4.05. The van der Waals surface area contributed by atoms with E-state index < -0.39 is 81.1 Å². The summed E-state index contributed by atoms with van der Waals surface area (Å²) in [6.45, 7) is -2.20. The molecule has 2 aliphatic rings. The molecule has 2 aliphatic heterocycles. The molecule has 2 aromatic rings. The molecule has 0 bridgehead atoms. The monoisotopic (exact) mass is 659 g/mol. The smallest absolute Gasteiger partial charge is 0.453 e. The summed E-state index contributed by atoms with van der Waals surface area (Å²) in [6.07, 6.45) is -4.72. The second-order valence-corrected chi connectivity index (χ2v) is 11.3. The molecule has 4 rings (SSSR count). The van der Waals surface area contributed by atoms with E-state index in [9.17, 15) is 29.3 Å². The number of azide groups is 1. The third kappa shape index (κ3) is 7.74. The van der Waals surface area contributed by atoms with E-state index in [-0.39, 0.29) is 13.0 Å². The molecule has 0 saturated carbocycles. The molecule has 238 valence electrons. The molecule has 6 atom stereocenters. The Kier molecular flexibility index (Phi) is 11.0. The maximum absolute atomic E-state index is 13.6. The zero-order valence-electron chi connectivity index (χ0n) is 23.2. The van der Waals surface area contributed by atoms with Gasteiger partial charge in [0.2, 0.25) is 5.72 Å². The molecule has 44 heavy (non-hydrogen) atoms. The van der Waals surface area contributed by atoms with Crippen LogP contribution in [0.2, 0.25) is 5.02 Å². The number of hydrogen-bond acceptors (Lipinski definition) is 14. The summed E-state index contributed by atoms with van der Waals surface area (Å²) in [6, 6.07) is 7.60. The van der Waals surface area contributed by atoms with Crippen molar-refractivity contribution in [2.24, 2.45) is 5.11 Å². The van der Waals surface area contributed by atoms with Gasteiger partial charge in [-0.25, -0.2) is 18.9 Å². The molecule has 0 spiro atoms. The van der Waals surface area contributed by atoms with Crippen molar-refractivity contribution < 1.29 is 51.4 Å². The Balaban J connectivity index is 1.73. The molecule has 0 amide bonds. The summed E-state index contributed by atoms with van der Waals surface area (Å²) in [7, 11) is -2.01. The Bertz CT molecular complexity index is 1580. The van der Waals surface area contributed by atoms with Gasteiger partial charge in [0.1, 0.15) is 13.2 Å². The minimum atomic E-state index is -4.42. The topological polar surface area (TPSA) is 229 Å². The minimum Gasteiger partial charge on any atom is -0.453 e. The Labute approximate surface area is 253 Å². The summed E-state index contributed by atoms with van der Waals surface area (Å²) in [4.78, 5) is 54.4. The number of nitrogens with zero attached hydrogens (tertiary/aromatic N) is 4. The van der Waals surface area contributed by atoms with Crippen molar-refractivity contribution in [2.75, 3.05) is 40.6 Å². The van der Waals surface area contributed by atoms with Gasteiger partial charge in [0, 0.05) is 42.8 Å². The highest BCUT2D eigenvalue weighted by Crippen LogP contribution is 2.58. The molecule has 18 nitrogen and oxygen atoms in total. The first kappa shape index (κ1) is 33.3. The predicted octanol–water partition coefficient (Wildman–Crippen LogP) is 2.14. The minimum absolute atomic E-state index is 0.0667. The average Bonchev–Trinajstić information content (AvgIpc) is 3.24. The van der Waals surface area contributed by atoms with Gasteiger partial charge in [0.05, 0.1) is 19.3 Å². The van der Waals surface area contributed by atoms with E-state index >= 15 is 0 Å². The summed E-state index contributed by atoms with van der Waals surface area (Å²) in [5.41, 5.74) is 5.88. The van der Waals surface area contributed by atoms with Gasteiger partial charge in [-0.15, -0.1) is 0 Å². The molecule has 2 saturated heterocycles. The van der Waals surface area contributed by atoms with E-state index in [2.05, 4.69) is 10.0 Å². The molecule has 20 heteroatoms. The van der Waals surface area contributed by atoms with Gasteiger partial charge < -0.3 is 23.7 Å². The lowest BCUT2D eigenvalue weighted by atomic mass is 10.1. The van der Waals surface area contributed by atoms with Crippen molar-refractivity contribution in [1.29, 1.82) is 0 Å². The van der Waals surface area contributed by atoms with Crippen LogP contribution in [-0.2, 0) is 51.4 Å². The van der Waals surface area contributed by atoms with Gasteiger partial charge in [0.15, 0.2) is 18.4 Å². The van der Waals surface area contributed by atoms with Gasteiger partial charge in [0.25, 0.3) is 5.56 Å². The average molecular weight is 660 g/mol. The third-order valence-corrected chi connectivity index (χ3v) is 7.97. The van der Waals surface area contributed by atoms with Crippen LogP contribution in [0.3, 0.4) is 0 Å². The van der Waals surface area contributed by atoms with Crippen molar-refractivity contribution >= 4 is 31.4 Å². The zero-order chi connectivity index (χ0) is 31.9. The largest absolute Gasteiger partial charge is 0.475 e. The van der Waals surface area contributed by atoms with E-state index in [4.69, 9.17) is 48.9 Å². The number of phosphoric acid groups is 1. The van der Waals surface area contributed by atoms with Gasteiger partial charge >= 0.3 is 25.5 Å². The van der Waals surface area contributed by atoms with Crippen LogP contribution in [0.25, 0.3) is 10.4 Å². The molecular formula is C24H27ClN5O13P. The second-order valence-electron chi connectivity index (χ2n) is 9.28. The van der Waals surface area contributed by atoms with E-state index in [1.807, 2.05) is 4.98 Å². The maximum Gasteiger partial charge on any atom is 0.475 e. The number of hydrogen-bond donors (Lipinski definition) is 1. The lowest BCUT2D eigenvalue weighted by Gasteiger charge is -2.33. The number of aromatic amines is 1. The number of H-pyrrole nitrogens is 1. The van der Waals surface area contributed by atoms with Crippen LogP contribution < -0.4 is 11.2 Å². The van der Waals surface area contributed by atoms with Crippen LogP contribution in [0.15, 0.2) is 51.2 Å². The molecular weight excluding hydrogens is 633 g/mol. The van der Waals surface area contributed by atoms with Crippen LogP contribution in [0.5, 0.6) is 0 Å². The maximum atomic E-state index is 13.6. The van der Waals surface area contributed by atoms with Gasteiger partial charge in [-0.1, -0.05) is 28.8 Å². The van der Waals surface area contributed by atoms with Crippen LogP contribution in [0.4, 0.5) is 0 Å². The highest BCUT2D eigenvalue weighted by atomic mass is 35.5. The van der Waals surface area contributed by atoms with Crippen LogP contribution in [-0.4, -0.2) is 80.1 Å². The quantitative estimate of drug-likeness (QED) is 0.113. The van der Waals surface area contributed by atoms with E-state index in [0.717, 1.165) is 16.8 Å². The van der Waals surface area contributed by atoms with E-state index in [1.54, 1.807) is 24.3 Å². The van der Waals surface area contributed by atoms with Gasteiger partial charge in [-0.2, -0.15) is 0 Å². The predicted molar refractivity (Wildman–Crippen MR) is 146 cm³/mol. The number of benzene rings is 1. The highest BCUT2D eigenvalue weighted by molar-refractivity contribution is 7.48. The number of rotatable bonds is 12. The molecule has 1 aromatic heterocycles. The molecule has 0 unspecified atom stereocenters. The van der Waals surface area contributed by atoms with E-state index in [0.29, 0.717) is 10.6 Å². The van der Waals surface area contributed by atoms with Crippen molar-refractivity contribution in [3.05, 3.63) is 78.4 Å². The molecule has 1 N–H and O–H groups in total. The van der Waals surface area contributed by atoms with Gasteiger partial charge in [-0.05, 0) is 23.2 Å². The summed E-state index contributed by atoms with van der Waals surface area (Å²) >= 11 is 6.08. The summed E-state index contributed by atoms with van der Waals surface area (Å²) in [5.74, 6) is -2.02. The van der Waals surface area contributed by atoms with Crippen LogP contribution >= 0.6 is 19.4 Å². The Hall–Kier alpha value is -3.57. The van der Waals surface area contributed by atoms with Gasteiger partial charge in [-0.3, -0.25) is 27.9 Å². The number of carbonyl (C=O) groups excluding carboxylic acids is 2. The Morgan fingerprint density at radius 3 is 2.59 bits per heavy atom. The number of phosphoric ester groups is 1. The van der Waals surface area contributed by atoms with Crippen molar-refractivity contribution in [3.8, 4) is 0 Å². The van der Waals surface area contributed by atoms with Crippen LogP contribution in [0, 0.1) is 0 Å². The molecule has 3 heterocycles. The normalized spacial score (nSPS) is 28.2. The lowest BCUT2D eigenvalue weighted by molar-refractivity contribution is -0.177. The number of esters is 2. The fraction of sp³-hybridized carbons (Fsp3) is 0.500. The zero-order valence-corrected chi connectivity index (χ0v) is 24.9. The standard InChI is InChI=1S/C24H27ClN5O13P/c1-36-11-18(32)40-20-21(41-19(33)12-37-2)24(28-29-26,42-22(20)30-8-6-17(31)27-23(30)34)13-39-44(35)38-9-7-16(43-44)14-4-3-5-15(25)10-14/h3-6,8,10,16,20-22H,7,9,11-13H2,1-2H3,(H,27,31,34)/t16-,20+,21-,22+,24+,44+/m0/s1. The van der Waals surface area contributed by atoms with Crippen molar-refractivity contribution in [3.63, 3.8) is 0 Å². The molecule has 0 radical (unpaired) electrons. The fourth-order valence-corrected chi connectivity index (χ4v) is 6.06. The third-order valence-electron chi connectivity index (χ3n) is 6.27. The van der Waals surface area contributed by atoms with E-state index in [1.165, 1.54) is 14.2 Å². The van der Waals surface area contributed by atoms with Crippen LogP contribution in [0.1, 0.15) is 24.3 Å². The van der Waals surface area contributed by atoms with Crippen molar-refractivity contribution in [1.82, 2.24) is 9.55 Å². The number of halogens is 1. The summed E-state index contributed by atoms with van der Waals surface area (Å²) < 4.78 is 57.4. The second kappa shape index (κ2) is 14.5. The molecule has 2 fully saturated rings. The Morgan fingerprint density at radius 1 is 1.20 bits per heavy atom.